The summed E-state index contributed by atoms with van der Waals surface area (Å²) in [6.45, 7) is 7.28. The second kappa shape index (κ2) is 10.8. The Bertz CT molecular complexity index is 1410. The Morgan fingerprint density at radius 3 is 2.42 bits per heavy atom. The first-order valence-electron chi connectivity index (χ1n) is 12.3. The quantitative estimate of drug-likeness (QED) is 0.410. The van der Waals surface area contributed by atoms with Gasteiger partial charge >= 0.3 is 5.97 Å². The molecule has 1 aliphatic rings. The standard InChI is InChI=1S/C28H33N3O7/c1-28(2,3)24-11-16-10-23(38-9-7-8-35-4)18(19-13-25(36-5)29-30-26(19)37-6)12-17(16)21-14-22(32)20(27(33)34)15-31(21)24/h10,12-15,24H,7-9,11H2,1-6H3,(H,33,34). The molecule has 38 heavy (non-hydrogen) atoms. The topological polar surface area (TPSA) is 122 Å². The lowest BCUT2D eigenvalue weighted by Gasteiger charge is -2.39. The number of fused-ring (bicyclic) bond motifs is 3. The van der Waals surface area contributed by atoms with E-state index >= 15 is 0 Å². The van der Waals surface area contributed by atoms with E-state index in [0.717, 1.165) is 11.1 Å². The predicted octanol–water partition coefficient (Wildman–Crippen LogP) is 4.25. The number of carbonyl (C=O) groups is 1. The first kappa shape index (κ1) is 27.1. The Kier molecular flexibility index (Phi) is 7.73. The van der Waals surface area contributed by atoms with Crippen molar-refractivity contribution in [1.29, 1.82) is 0 Å². The van der Waals surface area contributed by atoms with Gasteiger partial charge in [-0.25, -0.2) is 4.79 Å². The zero-order chi connectivity index (χ0) is 27.6. The molecular formula is C28H33N3O7. The molecule has 0 aliphatic carbocycles. The lowest BCUT2D eigenvalue weighted by atomic mass is 9.78. The van der Waals surface area contributed by atoms with Crippen molar-refractivity contribution in [3.63, 3.8) is 0 Å². The number of nitrogens with zero attached hydrogens (tertiary/aromatic N) is 3. The van der Waals surface area contributed by atoms with Gasteiger partial charge in [0.25, 0.3) is 0 Å². The van der Waals surface area contributed by atoms with Crippen LogP contribution in [-0.4, -0.2) is 60.4 Å². The Morgan fingerprint density at radius 2 is 1.79 bits per heavy atom. The Balaban J connectivity index is 1.98. The minimum absolute atomic E-state index is 0.0897. The summed E-state index contributed by atoms with van der Waals surface area (Å²) in [6, 6.07) is 6.96. The van der Waals surface area contributed by atoms with Gasteiger partial charge in [-0.05, 0) is 29.5 Å². The minimum Gasteiger partial charge on any atom is -0.493 e. The SMILES string of the molecule is COCCCOc1cc2c(cc1-c1cc(OC)nnc1OC)-c1cc(=O)c(C(=O)O)cn1C(C(C)(C)C)C2. The first-order chi connectivity index (χ1) is 18.1. The van der Waals surface area contributed by atoms with Crippen LogP contribution in [0.1, 0.15) is 49.2 Å². The molecule has 1 atom stereocenters. The van der Waals surface area contributed by atoms with E-state index in [-0.39, 0.29) is 22.9 Å². The monoisotopic (exact) mass is 523 g/mol. The van der Waals surface area contributed by atoms with Gasteiger partial charge in [-0.1, -0.05) is 20.8 Å². The van der Waals surface area contributed by atoms with Crippen LogP contribution in [0, 0.1) is 5.41 Å². The van der Waals surface area contributed by atoms with Crippen LogP contribution in [0.15, 0.2) is 35.3 Å². The third-order valence-electron chi connectivity index (χ3n) is 6.72. The summed E-state index contributed by atoms with van der Waals surface area (Å²) < 4.78 is 24.2. The number of hydrogen-bond donors (Lipinski definition) is 1. The number of rotatable bonds is 9. The Hall–Kier alpha value is -3.92. The minimum atomic E-state index is -1.25. The fourth-order valence-corrected chi connectivity index (χ4v) is 4.76. The van der Waals surface area contributed by atoms with Gasteiger partial charge in [0.1, 0.15) is 11.3 Å². The summed E-state index contributed by atoms with van der Waals surface area (Å²) >= 11 is 0. The van der Waals surface area contributed by atoms with Crippen molar-refractivity contribution in [3.05, 3.63) is 51.8 Å². The van der Waals surface area contributed by atoms with Gasteiger partial charge in [-0.2, -0.15) is 0 Å². The van der Waals surface area contributed by atoms with Crippen molar-refractivity contribution < 1.29 is 28.8 Å². The first-order valence-corrected chi connectivity index (χ1v) is 12.3. The molecule has 2 aromatic heterocycles. The summed E-state index contributed by atoms with van der Waals surface area (Å²) in [7, 11) is 4.66. The molecule has 0 amide bonds. The fraction of sp³-hybridized carbons (Fsp3) is 0.429. The highest BCUT2D eigenvalue weighted by Gasteiger charge is 2.34. The zero-order valence-corrected chi connectivity index (χ0v) is 22.5. The molecule has 4 rings (SSSR count). The van der Waals surface area contributed by atoms with Crippen LogP contribution >= 0.6 is 0 Å². The maximum absolute atomic E-state index is 12.8. The molecule has 0 bridgehead atoms. The summed E-state index contributed by atoms with van der Waals surface area (Å²) in [6.07, 6.45) is 2.78. The van der Waals surface area contributed by atoms with Crippen LogP contribution in [0.25, 0.3) is 22.4 Å². The van der Waals surface area contributed by atoms with Gasteiger partial charge in [0.2, 0.25) is 11.8 Å². The number of benzene rings is 1. The number of aromatic carboxylic acids is 1. The van der Waals surface area contributed by atoms with Gasteiger partial charge in [0.05, 0.1) is 32.1 Å². The Labute approximate surface area is 221 Å². The van der Waals surface area contributed by atoms with Crippen molar-refractivity contribution in [2.75, 3.05) is 34.5 Å². The molecule has 1 unspecified atom stereocenters. The number of hydrogen-bond acceptors (Lipinski definition) is 8. The lowest BCUT2D eigenvalue weighted by Crippen LogP contribution is -2.32. The fourth-order valence-electron chi connectivity index (χ4n) is 4.76. The number of ether oxygens (including phenoxy) is 4. The van der Waals surface area contributed by atoms with E-state index in [2.05, 4.69) is 31.0 Å². The number of aromatic nitrogens is 3. The average molecular weight is 524 g/mol. The maximum atomic E-state index is 12.8. The second-order valence-corrected chi connectivity index (χ2v) is 10.2. The second-order valence-electron chi connectivity index (χ2n) is 10.2. The smallest absolute Gasteiger partial charge is 0.341 e. The highest BCUT2D eigenvalue weighted by Crippen LogP contribution is 2.47. The van der Waals surface area contributed by atoms with E-state index in [4.69, 9.17) is 18.9 Å². The highest BCUT2D eigenvalue weighted by atomic mass is 16.5. The molecule has 0 saturated carbocycles. The molecule has 0 saturated heterocycles. The van der Waals surface area contributed by atoms with Crippen LogP contribution in [-0.2, 0) is 11.2 Å². The maximum Gasteiger partial charge on any atom is 0.341 e. The van der Waals surface area contributed by atoms with E-state index in [1.54, 1.807) is 13.2 Å². The molecule has 10 nitrogen and oxygen atoms in total. The van der Waals surface area contributed by atoms with Gasteiger partial charge in [-0.15, -0.1) is 10.2 Å². The number of methoxy groups -OCH3 is 3. The van der Waals surface area contributed by atoms with E-state index in [0.29, 0.717) is 54.5 Å². The molecule has 1 aromatic carbocycles. The molecule has 0 fully saturated rings. The van der Waals surface area contributed by atoms with Gasteiger partial charge in [-0.3, -0.25) is 4.79 Å². The van der Waals surface area contributed by atoms with Crippen molar-refractivity contribution in [1.82, 2.24) is 14.8 Å². The molecule has 0 radical (unpaired) electrons. The molecule has 3 aromatic rings. The van der Waals surface area contributed by atoms with Crippen molar-refractivity contribution in [2.45, 2.75) is 39.7 Å². The molecular weight excluding hydrogens is 490 g/mol. The summed E-state index contributed by atoms with van der Waals surface area (Å²) in [5, 5.41) is 17.8. The summed E-state index contributed by atoms with van der Waals surface area (Å²) in [5.74, 6) is -0.0309. The molecule has 0 spiro atoms. The summed E-state index contributed by atoms with van der Waals surface area (Å²) in [5.41, 5.74) is 2.70. The third-order valence-corrected chi connectivity index (χ3v) is 6.72. The molecule has 202 valence electrons. The van der Waals surface area contributed by atoms with Crippen LogP contribution in [0.5, 0.6) is 17.5 Å². The van der Waals surface area contributed by atoms with Gasteiger partial charge in [0.15, 0.2) is 5.43 Å². The van der Waals surface area contributed by atoms with Crippen LogP contribution < -0.4 is 19.6 Å². The largest absolute Gasteiger partial charge is 0.493 e. The predicted molar refractivity (Wildman–Crippen MR) is 141 cm³/mol. The van der Waals surface area contributed by atoms with Crippen molar-refractivity contribution >= 4 is 5.97 Å². The van der Waals surface area contributed by atoms with E-state index in [1.165, 1.54) is 26.5 Å². The van der Waals surface area contributed by atoms with Crippen molar-refractivity contribution in [3.8, 4) is 39.9 Å². The average Bonchev–Trinajstić information content (AvgIpc) is 2.88. The zero-order valence-electron chi connectivity index (χ0n) is 22.5. The highest BCUT2D eigenvalue weighted by molar-refractivity contribution is 5.88. The third kappa shape index (κ3) is 5.22. The molecule has 1 aliphatic heterocycles. The van der Waals surface area contributed by atoms with Crippen LogP contribution in [0.3, 0.4) is 0 Å². The Morgan fingerprint density at radius 1 is 1.03 bits per heavy atom. The number of carboxylic acid groups (broad SMARTS) is 1. The van der Waals surface area contributed by atoms with Gasteiger partial charge < -0.3 is 28.6 Å². The van der Waals surface area contributed by atoms with Crippen LogP contribution in [0.4, 0.5) is 0 Å². The number of carboxylic acids is 1. The normalized spacial score (nSPS) is 14.4. The number of pyridine rings is 1. The lowest BCUT2D eigenvalue weighted by molar-refractivity contribution is 0.0693. The van der Waals surface area contributed by atoms with E-state index < -0.39 is 11.4 Å². The molecule has 1 N–H and O–H groups in total. The van der Waals surface area contributed by atoms with E-state index in [9.17, 15) is 14.7 Å². The van der Waals surface area contributed by atoms with Crippen molar-refractivity contribution in [2.24, 2.45) is 5.41 Å². The van der Waals surface area contributed by atoms with E-state index in [1.807, 2.05) is 16.7 Å². The summed E-state index contributed by atoms with van der Waals surface area (Å²) in [4.78, 5) is 24.6. The molecule has 10 heteroatoms. The van der Waals surface area contributed by atoms with Gasteiger partial charge in [0, 0.05) is 55.6 Å². The van der Waals surface area contributed by atoms with Crippen LogP contribution in [0.2, 0.25) is 0 Å². The molecule has 3 heterocycles.